The Morgan fingerprint density at radius 2 is 1.95 bits per heavy atom. The SMILES string of the molecule is CCCNC(CCc1cccnc1N)c1ccccc1. The predicted octanol–water partition coefficient (Wildman–Crippen LogP) is 3.34. The number of nitrogens with one attached hydrogen (secondary N) is 1. The molecule has 1 atom stereocenters. The van der Waals surface area contributed by atoms with Gasteiger partial charge < -0.3 is 11.1 Å². The van der Waals surface area contributed by atoms with Crippen LogP contribution in [0.4, 0.5) is 5.82 Å². The van der Waals surface area contributed by atoms with Gasteiger partial charge >= 0.3 is 0 Å². The lowest BCUT2D eigenvalue weighted by molar-refractivity contribution is 0.499. The van der Waals surface area contributed by atoms with Gasteiger partial charge in [0, 0.05) is 12.2 Å². The Bertz CT molecular complexity index is 511. The van der Waals surface area contributed by atoms with Gasteiger partial charge in [-0.3, -0.25) is 0 Å². The molecular formula is C17H23N3. The van der Waals surface area contributed by atoms with Gasteiger partial charge in [-0.05, 0) is 43.0 Å². The predicted molar refractivity (Wildman–Crippen MR) is 84.4 cm³/mol. The molecule has 3 heteroatoms. The Morgan fingerprint density at radius 3 is 2.65 bits per heavy atom. The number of nitrogen functional groups attached to an aromatic ring is 1. The highest BCUT2D eigenvalue weighted by Crippen LogP contribution is 2.20. The fraction of sp³-hybridized carbons (Fsp3) is 0.353. The molecule has 0 bridgehead atoms. The van der Waals surface area contributed by atoms with E-state index in [-0.39, 0.29) is 0 Å². The Hall–Kier alpha value is -1.87. The van der Waals surface area contributed by atoms with Crippen LogP contribution in [0.5, 0.6) is 0 Å². The van der Waals surface area contributed by atoms with E-state index in [2.05, 4.69) is 53.6 Å². The average molecular weight is 269 g/mol. The molecule has 0 radical (unpaired) electrons. The Morgan fingerprint density at radius 1 is 1.15 bits per heavy atom. The number of hydrogen-bond acceptors (Lipinski definition) is 3. The van der Waals surface area contributed by atoms with Crippen molar-refractivity contribution in [2.45, 2.75) is 32.2 Å². The first-order chi connectivity index (χ1) is 9.81. The molecule has 3 N–H and O–H groups in total. The molecule has 3 nitrogen and oxygen atoms in total. The smallest absolute Gasteiger partial charge is 0.126 e. The maximum absolute atomic E-state index is 5.91. The van der Waals surface area contributed by atoms with E-state index in [0.717, 1.165) is 31.4 Å². The Balaban J connectivity index is 2.03. The van der Waals surface area contributed by atoms with Gasteiger partial charge in [0.1, 0.15) is 5.82 Å². The molecule has 2 aromatic rings. The second-order valence-electron chi connectivity index (χ2n) is 5.00. The van der Waals surface area contributed by atoms with Crippen molar-refractivity contribution in [2.24, 2.45) is 0 Å². The van der Waals surface area contributed by atoms with Gasteiger partial charge in [0.05, 0.1) is 0 Å². The average Bonchev–Trinajstić information content (AvgIpc) is 2.50. The first-order valence-electron chi connectivity index (χ1n) is 7.29. The van der Waals surface area contributed by atoms with Gasteiger partial charge in [0.15, 0.2) is 0 Å². The molecule has 0 spiro atoms. The largest absolute Gasteiger partial charge is 0.383 e. The number of nitrogens with zero attached hydrogens (tertiary/aromatic N) is 1. The van der Waals surface area contributed by atoms with E-state index in [1.165, 1.54) is 5.56 Å². The van der Waals surface area contributed by atoms with Crippen LogP contribution >= 0.6 is 0 Å². The molecule has 1 aromatic carbocycles. The summed E-state index contributed by atoms with van der Waals surface area (Å²) in [7, 11) is 0. The molecule has 2 rings (SSSR count). The third-order valence-electron chi connectivity index (χ3n) is 3.47. The second-order valence-corrected chi connectivity index (χ2v) is 5.00. The molecule has 0 saturated heterocycles. The summed E-state index contributed by atoms with van der Waals surface area (Å²) in [5.41, 5.74) is 8.38. The van der Waals surface area contributed by atoms with Crippen LogP contribution in [0.2, 0.25) is 0 Å². The lowest BCUT2D eigenvalue weighted by atomic mass is 9.99. The number of rotatable bonds is 7. The van der Waals surface area contributed by atoms with Crippen LogP contribution in [0, 0.1) is 0 Å². The van der Waals surface area contributed by atoms with Crippen molar-refractivity contribution >= 4 is 5.82 Å². The Labute approximate surface area is 121 Å². The zero-order valence-corrected chi connectivity index (χ0v) is 12.0. The van der Waals surface area contributed by atoms with Crippen molar-refractivity contribution in [3.05, 3.63) is 59.8 Å². The third kappa shape index (κ3) is 4.07. The van der Waals surface area contributed by atoms with Crippen molar-refractivity contribution in [1.82, 2.24) is 10.3 Å². The summed E-state index contributed by atoms with van der Waals surface area (Å²) in [6.07, 6.45) is 4.84. The molecule has 0 aliphatic carbocycles. The van der Waals surface area contributed by atoms with E-state index in [1.807, 2.05) is 6.07 Å². The van der Waals surface area contributed by atoms with E-state index in [9.17, 15) is 0 Å². The van der Waals surface area contributed by atoms with Gasteiger partial charge in [-0.15, -0.1) is 0 Å². The topological polar surface area (TPSA) is 50.9 Å². The lowest BCUT2D eigenvalue weighted by Crippen LogP contribution is -2.22. The summed E-state index contributed by atoms with van der Waals surface area (Å²) >= 11 is 0. The van der Waals surface area contributed by atoms with E-state index >= 15 is 0 Å². The first kappa shape index (κ1) is 14.5. The number of aryl methyl sites for hydroxylation is 1. The molecule has 106 valence electrons. The molecule has 1 heterocycles. The normalized spacial score (nSPS) is 12.2. The van der Waals surface area contributed by atoms with Crippen LogP contribution in [-0.4, -0.2) is 11.5 Å². The number of pyridine rings is 1. The quantitative estimate of drug-likeness (QED) is 0.810. The van der Waals surface area contributed by atoms with Gasteiger partial charge in [0.2, 0.25) is 0 Å². The summed E-state index contributed by atoms with van der Waals surface area (Å²) in [5.74, 6) is 0.648. The van der Waals surface area contributed by atoms with E-state index in [1.54, 1.807) is 6.20 Å². The van der Waals surface area contributed by atoms with Gasteiger partial charge in [-0.1, -0.05) is 43.3 Å². The van der Waals surface area contributed by atoms with E-state index in [4.69, 9.17) is 5.73 Å². The minimum Gasteiger partial charge on any atom is -0.383 e. The lowest BCUT2D eigenvalue weighted by Gasteiger charge is -2.19. The van der Waals surface area contributed by atoms with Crippen LogP contribution in [-0.2, 0) is 6.42 Å². The highest BCUT2D eigenvalue weighted by molar-refractivity contribution is 5.38. The van der Waals surface area contributed by atoms with E-state index in [0.29, 0.717) is 11.9 Å². The van der Waals surface area contributed by atoms with E-state index < -0.39 is 0 Å². The molecule has 0 fully saturated rings. The molecule has 1 unspecified atom stereocenters. The van der Waals surface area contributed by atoms with Crippen LogP contribution in [0.3, 0.4) is 0 Å². The zero-order chi connectivity index (χ0) is 14.2. The van der Waals surface area contributed by atoms with Crippen LogP contribution in [0.1, 0.15) is 36.9 Å². The van der Waals surface area contributed by atoms with Crippen molar-refractivity contribution in [3.8, 4) is 0 Å². The van der Waals surface area contributed by atoms with Crippen LogP contribution in [0.15, 0.2) is 48.7 Å². The minimum absolute atomic E-state index is 0.371. The molecule has 0 saturated carbocycles. The summed E-state index contributed by atoms with van der Waals surface area (Å²) in [5, 5.41) is 3.61. The molecule has 0 aliphatic rings. The third-order valence-corrected chi connectivity index (χ3v) is 3.47. The number of aromatic nitrogens is 1. The highest BCUT2D eigenvalue weighted by Gasteiger charge is 2.11. The van der Waals surface area contributed by atoms with Gasteiger partial charge in [0.25, 0.3) is 0 Å². The molecule has 1 aromatic heterocycles. The summed E-state index contributed by atoms with van der Waals surface area (Å²) in [4.78, 5) is 4.15. The highest BCUT2D eigenvalue weighted by atomic mass is 14.9. The maximum Gasteiger partial charge on any atom is 0.126 e. The van der Waals surface area contributed by atoms with Crippen molar-refractivity contribution in [3.63, 3.8) is 0 Å². The molecule has 0 amide bonds. The van der Waals surface area contributed by atoms with Crippen molar-refractivity contribution in [1.29, 1.82) is 0 Å². The van der Waals surface area contributed by atoms with Gasteiger partial charge in [-0.25, -0.2) is 4.98 Å². The first-order valence-corrected chi connectivity index (χ1v) is 7.29. The summed E-state index contributed by atoms with van der Waals surface area (Å²) in [6.45, 7) is 3.22. The van der Waals surface area contributed by atoms with Crippen LogP contribution in [0.25, 0.3) is 0 Å². The number of hydrogen-bond donors (Lipinski definition) is 2. The number of benzene rings is 1. The monoisotopic (exact) mass is 269 g/mol. The molecule has 20 heavy (non-hydrogen) atoms. The summed E-state index contributed by atoms with van der Waals surface area (Å²) < 4.78 is 0. The Kier molecular flexibility index (Phi) is 5.56. The number of nitrogens with two attached hydrogens (primary N) is 1. The fourth-order valence-electron chi connectivity index (χ4n) is 2.35. The van der Waals surface area contributed by atoms with Crippen molar-refractivity contribution < 1.29 is 0 Å². The molecule has 0 aliphatic heterocycles. The minimum atomic E-state index is 0.371. The van der Waals surface area contributed by atoms with Crippen molar-refractivity contribution in [2.75, 3.05) is 12.3 Å². The second kappa shape index (κ2) is 7.65. The fourth-order valence-corrected chi connectivity index (χ4v) is 2.35. The molecular weight excluding hydrogens is 246 g/mol. The number of anilines is 1. The van der Waals surface area contributed by atoms with Crippen LogP contribution < -0.4 is 11.1 Å². The standard InChI is InChI=1S/C17H23N3/c1-2-12-19-16(14-7-4-3-5-8-14)11-10-15-9-6-13-20-17(15)18/h3-9,13,16,19H,2,10-12H2,1H3,(H2,18,20). The summed E-state index contributed by atoms with van der Waals surface area (Å²) in [6, 6.07) is 15.0. The zero-order valence-electron chi connectivity index (χ0n) is 12.0. The van der Waals surface area contributed by atoms with Gasteiger partial charge in [-0.2, -0.15) is 0 Å². The maximum atomic E-state index is 5.91.